The monoisotopic (exact) mass is 120 g/mol. The van der Waals surface area contributed by atoms with Crippen LogP contribution in [0.4, 0.5) is 0 Å². The summed E-state index contributed by atoms with van der Waals surface area (Å²) in [4.78, 5) is 0. The molecule has 0 amide bonds. The molecule has 1 unspecified atom stereocenters. The first-order chi connectivity index (χ1) is 3.18. The molecule has 0 spiro atoms. The molecular formula is C6H13Cl. The van der Waals surface area contributed by atoms with Gasteiger partial charge in [-0.05, 0) is 11.8 Å². The van der Waals surface area contributed by atoms with E-state index in [0.717, 1.165) is 11.8 Å². The predicted octanol–water partition coefficient (Wildman–Crippen LogP) is 2.52. The van der Waals surface area contributed by atoms with Crippen molar-refractivity contribution in [2.75, 3.05) is 5.88 Å². The van der Waals surface area contributed by atoms with Gasteiger partial charge in [-0.25, -0.2) is 0 Å². The Bertz CT molecular complexity index is 41.4. The van der Waals surface area contributed by atoms with E-state index in [1.807, 2.05) is 0 Å². The largest absolute Gasteiger partial charge is 0.126 e. The molecule has 0 aromatic rings. The smallest absolute Gasteiger partial charge is 0.0251 e. The highest BCUT2D eigenvalue weighted by atomic mass is 35.5. The average Bonchev–Trinajstić information content (AvgIpc) is 1.65. The maximum Gasteiger partial charge on any atom is 0.0251 e. The Morgan fingerprint density at radius 1 is 1.29 bits per heavy atom. The quantitative estimate of drug-likeness (QED) is 0.492. The predicted molar refractivity (Wildman–Crippen MR) is 34.7 cm³/mol. The van der Waals surface area contributed by atoms with Crippen LogP contribution in [0.3, 0.4) is 0 Å². The minimum atomic E-state index is 0.668. The topological polar surface area (TPSA) is 0 Å². The molecule has 1 atom stereocenters. The molecule has 44 valence electrons. The Balaban J connectivity index is 3.14. The van der Waals surface area contributed by atoms with Crippen molar-refractivity contribution in [1.29, 1.82) is 0 Å². The lowest BCUT2D eigenvalue weighted by Crippen LogP contribution is -2.03. The average molecular weight is 121 g/mol. The van der Waals surface area contributed by atoms with Gasteiger partial charge in [-0.3, -0.25) is 0 Å². The van der Waals surface area contributed by atoms with Crippen molar-refractivity contribution < 1.29 is 0 Å². The van der Waals surface area contributed by atoms with Crippen LogP contribution < -0.4 is 0 Å². The van der Waals surface area contributed by atoms with E-state index < -0.39 is 0 Å². The molecule has 0 aliphatic heterocycles. The third kappa shape index (κ3) is 2.93. The van der Waals surface area contributed by atoms with Crippen LogP contribution in [0.15, 0.2) is 0 Å². The van der Waals surface area contributed by atoms with Crippen LogP contribution >= 0.6 is 11.6 Å². The summed E-state index contributed by atoms with van der Waals surface area (Å²) in [5, 5.41) is 0. The van der Waals surface area contributed by atoms with Crippen LogP contribution in [0.25, 0.3) is 0 Å². The maximum atomic E-state index is 5.55. The molecule has 0 aliphatic carbocycles. The SMILES string of the molecule is CC(C)C(C)CCl. The van der Waals surface area contributed by atoms with Gasteiger partial charge < -0.3 is 0 Å². The van der Waals surface area contributed by atoms with Gasteiger partial charge in [-0.1, -0.05) is 20.8 Å². The summed E-state index contributed by atoms with van der Waals surface area (Å²) in [6, 6.07) is 0. The summed E-state index contributed by atoms with van der Waals surface area (Å²) < 4.78 is 0. The molecule has 0 aliphatic rings. The van der Waals surface area contributed by atoms with Gasteiger partial charge >= 0.3 is 0 Å². The van der Waals surface area contributed by atoms with Gasteiger partial charge in [0, 0.05) is 5.88 Å². The van der Waals surface area contributed by atoms with Crippen molar-refractivity contribution in [1.82, 2.24) is 0 Å². The summed E-state index contributed by atoms with van der Waals surface area (Å²) in [6.07, 6.45) is 0. The highest BCUT2D eigenvalue weighted by molar-refractivity contribution is 6.18. The Morgan fingerprint density at radius 3 is 1.71 bits per heavy atom. The van der Waals surface area contributed by atoms with Crippen LogP contribution in [-0.4, -0.2) is 5.88 Å². The van der Waals surface area contributed by atoms with Crippen molar-refractivity contribution in [3.63, 3.8) is 0 Å². The van der Waals surface area contributed by atoms with Gasteiger partial charge in [0.2, 0.25) is 0 Å². The number of hydrogen-bond acceptors (Lipinski definition) is 0. The van der Waals surface area contributed by atoms with Crippen LogP contribution in [0.2, 0.25) is 0 Å². The molecule has 0 aromatic carbocycles. The molecule has 0 fully saturated rings. The lowest BCUT2D eigenvalue weighted by Gasteiger charge is -2.09. The van der Waals surface area contributed by atoms with Gasteiger partial charge in [0.25, 0.3) is 0 Å². The molecule has 0 saturated heterocycles. The normalized spacial score (nSPS) is 15.0. The Kier molecular flexibility index (Phi) is 3.45. The summed E-state index contributed by atoms with van der Waals surface area (Å²) in [5.74, 6) is 2.19. The van der Waals surface area contributed by atoms with Crippen molar-refractivity contribution in [3.05, 3.63) is 0 Å². The van der Waals surface area contributed by atoms with E-state index >= 15 is 0 Å². The highest BCUT2D eigenvalue weighted by Gasteiger charge is 2.02. The van der Waals surface area contributed by atoms with Gasteiger partial charge in [-0.15, -0.1) is 11.6 Å². The molecule has 0 nitrogen and oxygen atoms in total. The van der Waals surface area contributed by atoms with Gasteiger partial charge in [0.05, 0.1) is 0 Å². The third-order valence-corrected chi connectivity index (χ3v) is 1.87. The van der Waals surface area contributed by atoms with E-state index in [-0.39, 0.29) is 0 Å². The Hall–Kier alpha value is 0.290. The molecule has 0 heterocycles. The van der Waals surface area contributed by atoms with Crippen molar-refractivity contribution in [2.45, 2.75) is 20.8 Å². The molecule has 0 bridgehead atoms. The van der Waals surface area contributed by atoms with E-state index in [2.05, 4.69) is 20.8 Å². The first kappa shape index (κ1) is 7.29. The zero-order chi connectivity index (χ0) is 5.86. The van der Waals surface area contributed by atoms with E-state index in [1.165, 1.54) is 0 Å². The second-order valence-electron chi connectivity index (χ2n) is 2.38. The fourth-order valence-corrected chi connectivity index (χ4v) is 0.535. The van der Waals surface area contributed by atoms with Crippen LogP contribution in [-0.2, 0) is 0 Å². The second kappa shape index (κ2) is 3.31. The summed E-state index contributed by atoms with van der Waals surface area (Å²) >= 11 is 5.55. The highest BCUT2D eigenvalue weighted by Crippen LogP contribution is 2.09. The molecule has 0 N–H and O–H groups in total. The lowest BCUT2D eigenvalue weighted by molar-refractivity contribution is 0.462. The minimum absolute atomic E-state index is 0.668. The van der Waals surface area contributed by atoms with E-state index in [4.69, 9.17) is 11.6 Å². The molecule has 7 heavy (non-hydrogen) atoms. The number of rotatable bonds is 2. The first-order valence-corrected chi connectivity index (χ1v) is 3.28. The summed E-state index contributed by atoms with van der Waals surface area (Å²) in [5.41, 5.74) is 0. The van der Waals surface area contributed by atoms with Gasteiger partial charge in [-0.2, -0.15) is 0 Å². The third-order valence-electron chi connectivity index (χ3n) is 1.38. The first-order valence-electron chi connectivity index (χ1n) is 2.74. The van der Waals surface area contributed by atoms with E-state index in [1.54, 1.807) is 0 Å². The Morgan fingerprint density at radius 2 is 1.71 bits per heavy atom. The fraction of sp³-hybridized carbons (Fsp3) is 1.00. The van der Waals surface area contributed by atoms with Gasteiger partial charge in [0.15, 0.2) is 0 Å². The van der Waals surface area contributed by atoms with Crippen LogP contribution in [0.1, 0.15) is 20.8 Å². The summed E-state index contributed by atoms with van der Waals surface area (Å²) in [7, 11) is 0. The fourth-order valence-electron chi connectivity index (χ4n) is 0.178. The van der Waals surface area contributed by atoms with Crippen molar-refractivity contribution in [2.24, 2.45) is 11.8 Å². The van der Waals surface area contributed by atoms with Crippen molar-refractivity contribution >= 4 is 11.6 Å². The summed E-state index contributed by atoms with van der Waals surface area (Å²) in [6.45, 7) is 6.54. The molecule has 1 heteroatoms. The number of halogens is 1. The number of alkyl halides is 1. The zero-order valence-electron chi connectivity index (χ0n) is 5.24. The lowest BCUT2D eigenvalue weighted by atomic mass is 10.0. The van der Waals surface area contributed by atoms with Crippen molar-refractivity contribution in [3.8, 4) is 0 Å². The van der Waals surface area contributed by atoms with Crippen LogP contribution in [0.5, 0.6) is 0 Å². The van der Waals surface area contributed by atoms with E-state index in [9.17, 15) is 0 Å². The van der Waals surface area contributed by atoms with E-state index in [0.29, 0.717) is 5.92 Å². The molecule has 0 rings (SSSR count). The molecule has 0 saturated carbocycles. The Labute approximate surface area is 50.9 Å². The second-order valence-corrected chi connectivity index (χ2v) is 2.68. The molecular weight excluding hydrogens is 108 g/mol. The maximum absolute atomic E-state index is 5.55. The van der Waals surface area contributed by atoms with Crippen LogP contribution in [0, 0.1) is 11.8 Å². The zero-order valence-corrected chi connectivity index (χ0v) is 6.00. The van der Waals surface area contributed by atoms with Gasteiger partial charge in [0.1, 0.15) is 0 Å². The molecule has 0 radical (unpaired) electrons. The number of hydrogen-bond donors (Lipinski definition) is 0. The minimum Gasteiger partial charge on any atom is -0.126 e. The molecule has 0 aromatic heterocycles. The standard InChI is InChI=1S/C6H13Cl/c1-5(2)6(3)4-7/h5-6H,4H2,1-3H3.